The SMILES string of the molecule is COc1ccc(Nc2ccc(NC3CCCCC3)c3c2C(=O)c2ccccc2C3=O)c(S(=O)(=O)[O-])c1.[Na+]. The Morgan fingerprint density at radius 2 is 1.41 bits per heavy atom. The van der Waals surface area contributed by atoms with Crippen LogP contribution in [-0.2, 0) is 10.1 Å². The third-order valence-corrected chi connectivity index (χ3v) is 7.64. The molecular weight excluding hydrogens is 503 g/mol. The minimum absolute atomic E-state index is 0. The number of hydrogen-bond donors (Lipinski definition) is 2. The van der Waals surface area contributed by atoms with Gasteiger partial charge in [0.25, 0.3) is 0 Å². The molecule has 0 heterocycles. The van der Waals surface area contributed by atoms with Crippen LogP contribution >= 0.6 is 0 Å². The second-order valence-corrected chi connectivity index (χ2v) is 10.4. The summed E-state index contributed by atoms with van der Waals surface area (Å²) in [6, 6.07) is 14.2. The van der Waals surface area contributed by atoms with Gasteiger partial charge in [-0.1, -0.05) is 43.5 Å². The predicted molar refractivity (Wildman–Crippen MR) is 134 cm³/mol. The molecule has 0 spiro atoms. The maximum Gasteiger partial charge on any atom is 1.00 e. The number of fused-ring (bicyclic) bond motifs is 2. The van der Waals surface area contributed by atoms with Crippen molar-refractivity contribution < 1.29 is 56.9 Å². The van der Waals surface area contributed by atoms with Gasteiger partial charge in [0, 0.05) is 22.9 Å². The Morgan fingerprint density at radius 3 is 2.00 bits per heavy atom. The van der Waals surface area contributed by atoms with Crippen LogP contribution in [0.2, 0.25) is 0 Å². The molecule has 0 saturated heterocycles. The van der Waals surface area contributed by atoms with Crippen LogP contribution in [0.25, 0.3) is 0 Å². The fourth-order valence-electron chi connectivity index (χ4n) is 5.00. The van der Waals surface area contributed by atoms with E-state index in [-0.39, 0.29) is 81.0 Å². The van der Waals surface area contributed by atoms with E-state index in [1.807, 2.05) is 0 Å². The molecule has 0 atom stereocenters. The number of benzene rings is 3. The van der Waals surface area contributed by atoms with Crippen LogP contribution in [0.5, 0.6) is 5.75 Å². The molecule has 3 aromatic carbocycles. The topological polar surface area (TPSA) is 125 Å². The van der Waals surface area contributed by atoms with Crippen molar-refractivity contribution in [2.24, 2.45) is 0 Å². The zero-order valence-corrected chi connectivity index (χ0v) is 23.5. The van der Waals surface area contributed by atoms with Crippen LogP contribution in [0.15, 0.2) is 59.5 Å². The summed E-state index contributed by atoms with van der Waals surface area (Å²) in [5.74, 6) is -0.437. The summed E-state index contributed by atoms with van der Waals surface area (Å²) in [4.78, 5) is 26.8. The largest absolute Gasteiger partial charge is 1.00 e. The molecule has 2 aliphatic rings. The first-order chi connectivity index (χ1) is 17.3. The van der Waals surface area contributed by atoms with Gasteiger partial charge < -0.3 is 19.9 Å². The number of anilines is 3. The molecule has 186 valence electrons. The van der Waals surface area contributed by atoms with Gasteiger partial charge in [-0.25, -0.2) is 8.42 Å². The van der Waals surface area contributed by atoms with E-state index in [0.29, 0.717) is 11.3 Å². The molecule has 2 aliphatic carbocycles. The van der Waals surface area contributed by atoms with Gasteiger partial charge in [0.2, 0.25) is 0 Å². The summed E-state index contributed by atoms with van der Waals surface area (Å²) < 4.78 is 41.0. The number of methoxy groups -OCH3 is 1. The molecule has 1 fully saturated rings. The minimum Gasteiger partial charge on any atom is -0.744 e. The van der Waals surface area contributed by atoms with Gasteiger partial charge in [0.05, 0.1) is 34.5 Å². The third kappa shape index (κ3) is 5.32. The van der Waals surface area contributed by atoms with Crippen LogP contribution < -0.4 is 44.9 Å². The number of carbonyl (C=O) groups excluding carboxylic acids is 2. The Morgan fingerprint density at radius 1 is 0.838 bits per heavy atom. The molecule has 5 rings (SSSR count). The minimum atomic E-state index is -4.86. The molecule has 1 saturated carbocycles. The fraction of sp³-hybridized carbons (Fsp3) is 0.259. The summed E-state index contributed by atoms with van der Waals surface area (Å²) in [6.07, 6.45) is 5.32. The number of hydrogen-bond acceptors (Lipinski definition) is 8. The van der Waals surface area contributed by atoms with Crippen molar-refractivity contribution >= 4 is 38.7 Å². The van der Waals surface area contributed by atoms with Crippen LogP contribution in [-0.4, -0.2) is 37.7 Å². The molecule has 0 unspecified atom stereocenters. The molecule has 0 amide bonds. The Labute approximate surface area is 237 Å². The molecule has 0 aliphatic heterocycles. The average molecular weight is 529 g/mol. The molecule has 0 radical (unpaired) electrons. The predicted octanol–water partition coefficient (Wildman–Crippen LogP) is 1.87. The first-order valence-corrected chi connectivity index (χ1v) is 13.2. The second-order valence-electron chi connectivity index (χ2n) is 9.04. The molecule has 37 heavy (non-hydrogen) atoms. The first-order valence-electron chi connectivity index (χ1n) is 11.8. The van der Waals surface area contributed by atoms with Gasteiger partial charge >= 0.3 is 29.6 Å². The standard InChI is InChI=1S/C27H26N2O6S.Na/c1-35-17-11-12-20(23(15-17)36(32,33)34)29-22-14-13-21(28-16-7-3-2-4-8-16)24-25(22)27(31)19-10-6-5-9-18(19)26(24)30;/h5-6,9-16,28-29H,2-4,7-8H2,1H3,(H,32,33,34);/q;+1/p-1. The third-order valence-electron chi connectivity index (χ3n) is 6.77. The van der Waals surface area contributed by atoms with Gasteiger partial charge in [-0.15, -0.1) is 0 Å². The maximum absolute atomic E-state index is 13.7. The van der Waals surface area contributed by atoms with E-state index in [1.54, 1.807) is 36.4 Å². The summed E-state index contributed by atoms with van der Waals surface area (Å²) in [6.45, 7) is 0. The van der Waals surface area contributed by atoms with E-state index in [0.717, 1.165) is 31.7 Å². The number of ether oxygens (including phenoxy) is 1. The maximum atomic E-state index is 13.7. The van der Waals surface area contributed by atoms with Crippen molar-refractivity contribution in [3.8, 4) is 5.75 Å². The molecule has 8 nitrogen and oxygen atoms in total. The number of nitrogens with one attached hydrogen (secondary N) is 2. The second kappa shape index (κ2) is 11.0. The van der Waals surface area contributed by atoms with Crippen molar-refractivity contribution in [2.45, 2.75) is 43.0 Å². The summed E-state index contributed by atoms with van der Waals surface area (Å²) in [5.41, 5.74) is 1.79. The average Bonchev–Trinajstić information content (AvgIpc) is 2.88. The van der Waals surface area contributed by atoms with E-state index in [4.69, 9.17) is 4.74 Å². The molecular formula is C27H25N2NaO6S. The van der Waals surface area contributed by atoms with Crippen molar-refractivity contribution in [1.29, 1.82) is 0 Å². The van der Waals surface area contributed by atoms with Crippen molar-refractivity contribution in [3.05, 3.63) is 76.9 Å². The van der Waals surface area contributed by atoms with E-state index in [9.17, 15) is 22.6 Å². The number of rotatable bonds is 6. The van der Waals surface area contributed by atoms with Crippen molar-refractivity contribution in [1.82, 2.24) is 0 Å². The molecule has 0 bridgehead atoms. The zero-order chi connectivity index (χ0) is 25.4. The van der Waals surface area contributed by atoms with Crippen LogP contribution in [0, 0.1) is 0 Å². The summed E-state index contributed by atoms with van der Waals surface area (Å²) in [5, 5.41) is 6.40. The van der Waals surface area contributed by atoms with Crippen LogP contribution in [0.1, 0.15) is 63.9 Å². The summed E-state index contributed by atoms with van der Waals surface area (Å²) in [7, 11) is -3.50. The van der Waals surface area contributed by atoms with Crippen molar-refractivity contribution in [2.75, 3.05) is 17.7 Å². The van der Waals surface area contributed by atoms with Gasteiger partial charge in [-0.05, 0) is 43.2 Å². The molecule has 3 aromatic rings. The molecule has 0 aromatic heterocycles. The molecule has 10 heteroatoms. The van der Waals surface area contributed by atoms with E-state index < -0.39 is 15.0 Å². The van der Waals surface area contributed by atoms with E-state index in [2.05, 4.69) is 10.6 Å². The van der Waals surface area contributed by atoms with Crippen LogP contribution in [0.4, 0.5) is 17.1 Å². The van der Waals surface area contributed by atoms with E-state index >= 15 is 0 Å². The number of carbonyl (C=O) groups is 2. The fourth-order valence-corrected chi connectivity index (χ4v) is 5.65. The quantitative estimate of drug-likeness (QED) is 0.287. The molecule has 2 N–H and O–H groups in total. The van der Waals surface area contributed by atoms with Gasteiger partial charge in [0.1, 0.15) is 15.9 Å². The summed E-state index contributed by atoms with van der Waals surface area (Å²) >= 11 is 0. The van der Waals surface area contributed by atoms with Gasteiger partial charge in [-0.3, -0.25) is 9.59 Å². The Hall–Kier alpha value is -2.69. The smallest absolute Gasteiger partial charge is 0.744 e. The van der Waals surface area contributed by atoms with Gasteiger partial charge in [-0.2, -0.15) is 0 Å². The van der Waals surface area contributed by atoms with Gasteiger partial charge in [0.15, 0.2) is 11.6 Å². The Bertz CT molecular complexity index is 1480. The van der Waals surface area contributed by atoms with Crippen LogP contribution in [0.3, 0.4) is 0 Å². The normalized spacial score (nSPS) is 15.3. The van der Waals surface area contributed by atoms with E-state index in [1.165, 1.54) is 25.7 Å². The van der Waals surface area contributed by atoms with Crippen molar-refractivity contribution in [3.63, 3.8) is 0 Å². The number of ketones is 2. The Kier molecular flexibility index (Phi) is 8.11. The Balaban J connectivity index is 0.00000320. The monoisotopic (exact) mass is 528 g/mol. The zero-order valence-electron chi connectivity index (χ0n) is 20.7. The first kappa shape index (κ1) is 27.3.